The summed E-state index contributed by atoms with van der Waals surface area (Å²) in [6.07, 6.45) is 4.77. The topological polar surface area (TPSA) is 50.4 Å². The number of carbonyl (C=O) groups is 1. The molecule has 0 unspecified atom stereocenters. The van der Waals surface area contributed by atoms with E-state index in [-0.39, 0.29) is 5.91 Å². The van der Waals surface area contributed by atoms with Gasteiger partial charge < -0.3 is 15.4 Å². The molecule has 0 saturated heterocycles. The third-order valence-electron chi connectivity index (χ3n) is 2.90. The number of anilines is 2. The largest absolute Gasteiger partial charge is 0.488 e. The van der Waals surface area contributed by atoms with Crippen LogP contribution in [0.2, 0.25) is 0 Å². The highest BCUT2D eigenvalue weighted by atomic mass is 16.5. The second-order valence-electron chi connectivity index (χ2n) is 4.49. The van der Waals surface area contributed by atoms with Crippen LogP contribution in [0.25, 0.3) is 0 Å². The lowest BCUT2D eigenvalue weighted by atomic mass is 10.2. The number of ether oxygens (including phenoxy) is 1. The van der Waals surface area contributed by atoms with E-state index < -0.39 is 0 Å². The van der Waals surface area contributed by atoms with E-state index in [0.29, 0.717) is 12.4 Å². The molecule has 4 nitrogen and oxygen atoms in total. The van der Waals surface area contributed by atoms with Gasteiger partial charge in [0.2, 0.25) is 0 Å². The van der Waals surface area contributed by atoms with Gasteiger partial charge in [-0.25, -0.2) is 0 Å². The summed E-state index contributed by atoms with van der Waals surface area (Å²) >= 11 is 0. The van der Waals surface area contributed by atoms with E-state index in [2.05, 4.69) is 17.6 Å². The lowest BCUT2D eigenvalue weighted by Gasteiger charge is -2.16. The zero-order valence-electron chi connectivity index (χ0n) is 11.2. The fourth-order valence-electron chi connectivity index (χ4n) is 1.91. The number of hydrogen-bond donors (Lipinski definition) is 2. The van der Waals surface area contributed by atoms with Gasteiger partial charge in [0.1, 0.15) is 0 Å². The molecule has 0 atom stereocenters. The standard InChI is InChI=1S/C15H20N2O2/c1-2-10-16-12-7-3-4-8-13(12)17-15(18)14-9-5-6-11-19-14/h3-4,7-9,16H,2,5-6,10-11H2,1H3,(H,17,18). The maximum Gasteiger partial charge on any atom is 0.290 e. The first-order valence-electron chi connectivity index (χ1n) is 6.78. The van der Waals surface area contributed by atoms with E-state index in [1.807, 2.05) is 30.3 Å². The van der Waals surface area contributed by atoms with Gasteiger partial charge in [-0.05, 0) is 37.5 Å². The number of nitrogens with one attached hydrogen (secondary N) is 2. The maximum absolute atomic E-state index is 12.1. The molecule has 2 rings (SSSR count). The number of allylic oxidation sites excluding steroid dienone is 1. The Morgan fingerprint density at radius 1 is 1.32 bits per heavy atom. The summed E-state index contributed by atoms with van der Waals surface area (Å²) in [5.74, 6) is 0.252. The minimum Gasteiger partial charge on any atom is -0.488 e. The predicted molar refractivity (Wildman–Crippen MR) is 77.1 cm³/mol. The Morgan fingerprint density at radius 2 is 2.11 bits per heavy atom. The van der Waals surface area contributed by atoms with Crippen LogP contribution >= 0.6 is 0 Å². The van der Waals surface area contributed by atoms with Crippen LogP contribution < -0.4 is 10.6 Å². The molecule has 0 fully saturated rings. The van der Waals surface area contributed by atoms with E-state index in [1.165, 1.54) is 0 Å². The van der Waals surface area contributed by atoms with E-state index >= 15 is 0 Å². The molecule has 0 spiro atoms. The molecule has 2 N–H and O–H groups in total. The highest BCUT2D eigenvalue weighted by Gasteiger charge is 2.15. The molecule has 19 heavy (non-hydrogen) atoms. The quantitative estimate of drug-likeness (QED) is 0.855. The van der Waals surface area contributed by atoms with Crippen molar-refractivity contribution in [3.63, 3.8) is 0 Å². The number of carbonyl (C=O) groups excluding carboxylic acids is 1. The highest BCUT2D eigenvalue weighted by Crippen LogP contribution is 2.22. The minimum atomic E-state index is -0.176. The Balaban J connectivity index is 2.05. The molecule has 1 amide bonds. The average molecular weight is 260 g/mol. The van der Waals surface area contributed by atoms with Crippen molar-refractivity contribution in [2.24, 2.45) is 0 Å². The van der Waals surface area contributed by atoms with Crippen LogP contribution in [0.4, 0.5) is 11.4 Å². The second kappa shape index (κ2) is 6.83. The molecule has 1 aromatic rings. The van der Waals surface area contributed by atoms with Crippen molar-refractivity contribution in [1.29, 1.82) is 0 Å². The molecular formula is C15H20N2O2. The van der Waals surface area contributed by atoms with Crippen LogP contribution in [0.5, 0.6) is 0 Å². The molecule has 4 heteroatoms. The first-order chi connectivity index (χ1) is 9.31. The summed E-state index contributed by atoms with van der Waals surface area (Å²) in [5.41, 5.74) is 1.73. The molecule has 0 saturated carbocycles. The number of hydrogen-bond acceptors (Lipinski definition) is 3. The van der Waals surface area contributed by atoms with Crippen molar-refractivity contribution in [1.82, 2.24) is 0 Å². The number of para-hydroxylation sites is 2. The van der Waals surface area contributed by atoms with Crippen molar-refractivity contribution in [3.05, 3.63) is 36.1 Å². The Labute approximate surface area is 113 Å². The fourth-order valence-corrected chi connectivity index (χ4v) is 1.91. The van der Waals surface area contributed by atoms with Crippen LogP contribution in [0, 0.1) is 0 Å². The molecule has 1 heterocycles. The third-order valence-corrected chi connectivity index (χ3v) is 2.90. The molecule has 0 aliphatic carbocycles. The lowest BCUT2D eigenvalue weighted by molar-refractivity contribution is -0.116. The van der Waals surface area contributed by atoms with Gasteiger partial charge in [0.05, 0.1) is 18.0 Å². The predicted octanol–water partition coefficient (Wildman–Crippen LogP) is 3.14. The fraction of sp³-hybridized carbons (Fsp3) is 0.400. The van der Waals surface area contributed by atoms with Gasteiger partial charge in [0, 0.05) is 6.54 Å². The maximum atomic E-state index is 12.1. The summed E-state index contributed by atoms with van der Waals surface area (Å²) < 4.78 is 5.36. The minimum absolute atomic E-state index is 0.176. The lowest BCUT2D eigenvalue weighted by Crippen LogP contribution is -2.19. The highest BCUT2D eigenvalue weighted by molar-refractivity contribution is 6.04. The van der Waals surface area contributed by atoms with Gasteiger partial charge in [-0.15, -0.1) is 0 Å². The molecular weight excluding hydrogens is 240 g/mol. The average Bonchev–Trinajstić information content (AvgIpc) is 2.47. The summed E-state index contributed by atoms with van der Waals surface area (Å²) in [4.78, 5) is 12.1. The molecule has 0 bridgehead atoms. The molecule has 1 aliphatic rings. The van der Waals surface area contributed by atoms with Crippen molar-refractivity contribution in [3.8, 4) is 0 Å². The zero-order chi connectivity index (χ0) is 13.5. The van der Waals surface area contributed by atoms with Crippen molar-refractivity contribution in [2.45, 2.75) is 26.2 Å². The number of rotatable bonds is 5. The van der Waals surface area contributed by atoms with Crippen LogP contribution in [-0.2, 0) is 9.53 Å². The summed E-state index contributed by atoms with van der Waals surface area (Å²) in [6.45, 7) is 3.61. The zero-order valence-corrected chi connectivity index (χ0v) is 11.2. The first-order valence-corrected chi connectivity index (χ1v) is 6.78. The smallest absolute Gasteiger partial charge is 0.290 e. The molecule has 1 aromatic carbocycles. The molecule has 1 aliphatic heterocycles. The van der Waals surface area contributed by atoms with Gasteiger partial charge >= 0.3 is 0 Å². The van der Waals surface area contributed by atoms with Crippen LogP contribution in [-0.4, -0.2) is 19.1 Å². The number of benzene rings is 1. The summed E-state index contributed by atoms with van der Waals surface area (Å²) in [6, 6.07) is 7.70. The van der Waals surface area contributed by atoms with E-state index in [1.54, 1.807) is 0 Å². The van der Waals surface area contributed by atoms with E-state index in [0.717, 1.165) is 37.2 Å². The summed E-state index contributed by atoms with van der Waals surface area (Å²) in [5, 5.41) is 6.19. The van der Waals surface area contributed by atoms with Crippen molar-refractivity contribution < 1.29 is 9.53 Å². The van der Waals surface area contributed by atoms with Gasteiger partial charge in [-0.3, -0.25) is 4.79 Å². The Kier molecular flexibility index (Phi) is 4.84. The van der Waals surface area contributed by atoms with Crippen molar-refractivity contribution >= 4 is 17.3 Å². The first kappa shape index (κ1) is 13.5. The number of amides is 1. The van der Waals surface area contributed by atoms with Gasteiger partial charge in [-0.1, -0.05) is 19.1 Å². The normalized spacial score (nSPS) is 14.3. The van der Waals surface area contributed by atoms with Gasteiger partial charge in [0.25, 0.3) is 5.91 Å². The molecule has 102 valence electrons. The second-order valence-corrected chi connectivity index (χ2v) is 4.49. The SMILES string of the molecule is CCCNc1ccccc1NC(=O)C1=CCCCO1. The molecule has 0 radical (unpaired) electrons. The summed E-state index contributed by atoms with van der Waals surface area (Å²) in [7, 11) is 0. The van der Waals surface area contributed by atoms with E-state index in [9.17, 15) is 4.79 Å². The van der Waals surface area contributed by atoms with Crippen molar-refractivity contribution in [2.75, 3.05) is 23.8 Å². The van der Waals surface area contributed by atoms with Crippen LogP contribution in [0.1, 0.15) is 26.2 Å². The van der Waals surface area contributed by atoms with Gasteiger partial charge in [-0.2, -0.15) is 0 Å². The third kappa shape index (κ3) is 3.74. The van der Waals surface area contributed by atoms with Gasteiger partial charge in [0.15, 0.2) is 5.76 Å². The van der Waals surface area contributed by atoms with E-state index in [4.69, 9.17) is 4.74 Å². The molecule has 0 aromatic heterocycles. The Hall–Kier alpha value is -1.97. The van der Waals surface area contributed by atoms with Crippen LogP contribution in [0.15, 0.2) is 36.1 Å². The monoisotopic (exact) mass is 260 g/mol. The Bertz CT molecular complexity index is 469. The van der Waals surface area contributed by atoms with Crippen LogP contribution in [0.3, 0.4) is 0 Å². The Morgan fingerprint density at radius 3 is 2.79 bits per heavy atom.